The molecule has 2 aliphatic rings. The molecule has 0 atom stereocenters. The van der Waals surface area contributed by atoms with Gasteiger partial charge in [-0.05, 0) is 44.1 Å². The van der Waals surface area contributed by atoms with Gasteiger partial charge in [-0.25, -0.2) is 9.97 Å². The van der Waals surface area contributed by atoms with Crippen molar-refractivity contribution in [1.29, 1.82) is 0 Å². The van der Waals surface area contributed by atoms with Gasteiger partial charge < -0.3 is 0 Å². The third-order valence-corrected chi connectivity index (χ3v) is 6.83. The number of hydrogen-bond acceptors (Lipinski definition) is 4. The van der Waals surface area contributed by atoms with Gasteiger partial charge in [0.15, 0.2) is 0 Å². The topological polar surface area (TPSA) is 25.8 Å². The van der Waals surface area contributed by atoms with Crippen LogP contribution in [0.25, 0.3) is 10.2 Å². The fourth-order valence-electron chi connectivity index (χ4n) is 3.31. The lowest BCUT2D eigenvalue weighted by Crippen LogP contribution is -2.00. The van der Waals surface area contributed by atoms with Crippen LogP contribution in [0.1, 0.15) is 49.0 Å². The predicted molar refractivity (Wildman–Crippen MR) is 82.2 cm³/mol. The van der Waals surface area contributed by atoms with E-state index in [4.69, 9.17) is 0 Å². The molecule has 19 heavy (non-hydrogen) atoms. The molecule has 0 aliphatic heterocycles. The number of aryl methyl sites for hydroxylation is 2. The lowest BCUT2D eigenvalue weighted by atomic mass is 9.97. The summed E-state index contributed by atoms with van der Waals surface area (Å²) in [5.74, 6) is 0. The summed E-state index contributed by atoms with van der Waals surface area (Å²) < 4.78 is 0. The van der Waals surface area contributed by atoms with Crippen LogP contribution >= 0.6 is 23.1 Å². The van der Waals surface area contributed by atoms with Crippen LogP contribution in [0.2, 0.25) is 0 Å². The van der Waals surface area contributed by atoms with E-state index in [0.29, 0.717) is 0 Å². The van der Waals surface area contributed by atoms with Gasteiger partial charge in [0.25, 0.3) is 0 Å². The average Bonchev–Trinajstić information content (AvgIpc) is 3.05. The zero-order valence-electron chi connectivity index (χ0n) is 11.0. The number of fused-ring (bicyclic) bond motifs is 3. The minimum atomic E-state index is 0.789. The number of aromatic nitrogens is 2. The smallest absolute Gasteiger partial charge is 0.128 e. The molecule has 0 spiro atoms. The SMILES string of the molecule is c1nc(SC2CCCC2)c2c3c(sc2n1)CCCC3. The van der Waals surface area contributed by atoms with Crippen molar-refractivity contribution in [3.05, 3.63) is 16.8 Å². The molecule has 0 amide bonds. The van der Waals surface area contributed by atoms with Crippen LogP contribution in [0.4, 0.5) is 0 Å². The summed E-state index contributed by atoms with van der Waals surface area (Å²) >= 11 is 3.92. The minimum absolute atomic E-state index is 0.789. The molecule has 2 heterocycles. The normalized spacial score (nSPS) is 20.0. The molecule has 0 unspecified atom stereocenters. The number of hydrogen-bond donors (Lipinski definition) is 0. The first-order valence-electron chi connectivity index (χ1n) is 7.34. The van der Waals surface area contributed by atoms with E-state index in [1.807, 2.05) is 23.1 Å². The quantitative estimate of drug-likeness (QED) is 0.756. The van der Waals surface area contributed by atoms with Crippen LogP contribution in [-0.4, -0.2) is 15.2 Å². The molecular formula is C15H18N2S2. The van der Waals surface area contributed by atoms with Crippen molar-refractivity contribution in [2.24, 2.45) is 0 Å². The first-order chi connectivity index (χ1) is 9.42. The van der Waals surface area contributed by atoms with E-state index < -0.39 is 0 Å². The summed E-state index contributed by atoms with van der Waals surface area (Å²) in [5, 5.41) is 3.45. The van der Waals surface area contributed by atoms with Crippen LogP contribution in [0.15, 0.2) is 11.4 Å². The highest BCUT2D eigenvalue weighted by Gasteiger charge is 2.23. The Balaban J connectivity index is 1.78. The highest BCUT2D eigenvalue weighted by atomic mass is 32.2. The Morgan fingerprint density at radius 2 is 1.89 bits per heavy atom. The van der Waals surface area contributed by atoms with E-state index in [0.717, 1.165) is 5.25 Å². The van der Waals surface area contributed by atoms with E-state index in [-0.39, 0.29) is 0 Å². The molecular weight excluding hydrogens is 272 g/mol. The number of rotatable bonds is 2. The molecule has 0 saturated heterocycles. The van der Waals surface area contributed by atoms with Crippen molar-refractivity contribution in [2.45, 2.75) is 61.6 Å². The molecule has 2 aliphatic carbocycles. The summed E-state index contributed by atoms with van der Waals surface area (Å²) in [6.45, 7) is 0. The molecule has 4 heteroatoms. The third-order valence-electron chi connectivity index (χ3n) is 4.30. The molecule has 2 aromatic rings. The fraction of sp³-hybridized carbons (Fsp3) is 0.600. The van der Waals surface area contributed by atoms with Gasteiger partial charge in [-0.15, -0.1) is 23.1 Å². The summed E-state index contributed by atoms with van der Waals surface area (Å²) in [5.41, 5.74) is 1.58. The molecule has 0 radical (unpaired) electrons. The van der Waals surface area contributed by atoms with Gasteiger partial charge in [0, 0.05) is 15.5 Å². The lowest BCUT2D eigenvalue weighted by molar-refractivity contribution is 0.699. The van der Waals surface area contributed by atoms with Crippen LogP contribution in [0, 0.1) is 0 Å². The van der Waals surface area contributed by atoms with E-state index in [1.165, 1.54) is 66.6 Å². The highest BCUT2D eigenvalue weighted by molar-refractivity contribution is 8.00. The van der Waals surface area contributed by atoms with Crippen molar-refractivity contribution in [1.82, 2.24) is 9.97 Å². The Morgan fingerprint density at radius 1 is 1.05 bits per heavy atom. The van der Waals surface area contributed by atoms with Crippen LogP contribution in [-0.2, 0) is 12.8 Å². The first kappa shape index (κ1) is 12.2. The van der Waals surface area contributed by atoms with Gasteiger partial charge in [0.1, 0.15) is 16.2 Å². The maximum atomic E-state index is 4.61. The summed E-state index contributed by atoms with van der Waals surface area (Å²) in [4.78, 5) is 11.9. The summed E-state index contributed by atoms with van der Waals surface area (Å²) in [7, 11) is 0. The molecule has 100 valence electrons. The minimum Gasteiger partial charge on any atom is -0.229 e. The number of thiophene rings is 1. The van der Waals surface area contributed by atoms with Crippen molar-refractivity contribution >= 4 is 33.3 Å². The molecule has 1 saturated carbocycles. The van der Waals surface area contributed by atoms with Gasteiger partial charge >= 0.3 is 0 Å². The molecule has 0 aromatic carbocycles. The Kier molecular flexibility index (Phi) is 3.24. The van der Waals surface area contributed by atoms with E-state index in [9.17, 15) is 0 Å². The zero-order valence-corrected chi connectivity index (χ0v) is 12.7. The van der Waals surface area contributed by atoms with Crippen molar-refractivity contribution in [2.75, 3.05) is 0 Å². The maximum absolute atomic E-state index is 4.61. The summed E-state index contributed by atoms with van der Waals surface area (Å²) in [6, 6.07) is 0. The molecule has 2 aromatic heterocycles. The fourth-order valence-corrected chi connectivity index (χ4v) is 5.94. The Bertz CT molecular complexity index is 599. The molecule has 2 nitrogen and oxygen atoms in total. The maximum Gasteiger partial charge on any atom is 0.128 e. The standard InChI is InChI=1S/C15H18N2S2/c1-2-6-10(5-1)18-14-13-11-7-3-4-8-12(11)19-15(13)17-9-16-14/h9-10H,1-8H2. The monoisotopic (exact) mass is 290 g/mol. The summed E-state index contributed by atoms with van der Waals surface area (Å²) in [6.07, 6.45) is 12.5. The molecule has 0 bridgehead atoms. The zero-order chi connectivity index (χ0) is 12.7. The molecule has 1 fully saturated rings. The van der Waals surface area contributed by atoms with Crippen LogP contribution < -0.4 is 0 Å². The molecule has 4 rings (SSSR count). The van der Waals surface area contributed by atoms with E-state index in [1.54, 1.807) is 16.8 Å². The number of nitrogens with zero attached hydrogens (tertiary/aromatic N) is 2. The predicted octanol–water partition coefficient (Wildman–Crippen LogP) is 4.60. The van der Waals surface area contributed by atoms with Crippen molar-refractivity contribution in [3.63, 3.8) is 0 Å². The Morgan fingerprint density at radius 3 is 2.79 bits per heavy atom. The molecule has 0 N–H and O–H groups in total. The van der Waals surface area contributed by atoms with Gasteiger partial charge in [-0.3, -0.25) is 0 Å². The lowest BCUT2D eigenvalue weighted by Gasteiger charge is -2.13. The second-order valence-electron chi connectivity index (χ2n) is 5.59. The van der Waals surface area contributed by atoms with Crippen molar-refractivity contribution in [3.8, 4) is 0 Å². The Hall–Kier alpha value is -0.610. The van der Waals surface area contributed by atoms with E-state index in [2.05, 4.69) is 9.97 Å². The second-order valence-corrected chi connectivity index (χ2v) is 7.97. The van der Waals surface area contributed by atoms with Crippen LogP contribution in [0.3, 0.4) is 0 Å². The van der Waals surface area contributed by atoms with Crippen LogP contribution in [0.5, 0.6) is 0 Å². The van der Waals surface area contributed by atoms with Crippen molar-refractivity contribution < 1.29 is 0 Å². The Labute approximate surface area is 122 Å². The van der Waals surface area contributed by atoms with Gasteiger partial charge in [0.2, 0.25) is 0 Å². The van der Waals surface area contributed by atoms with Gasteiger partial charge in [-0.2, -0.15) is 0 Å². The van der Waals surface area contributed by atoms with Gasteiger partial charge in [0.05, 0.1) is 0 Å². The third kappa shape index (κ3) is 2.19. The second kappa shape index (κ2) is 5.06. The van der Waals surface area contributed by atoms with Gasteiger partial charge in [-0.1, -0.05) is 12.8 Å². The van der Waals surface area contributed by atoms with E-state index >= 15 is 0 Å². The average molecular weight is 290 g/mol. The largest absolute Gasteiger partial charge is 0.229 e. The number of thioether (sulfide) groups is 1. The highest BCUT2D eigenvalue weighted by Crippen LogP contribution is 2.42. The first-order valence-corrected chi connectivity index (χ1v) is 9.03.